The Bertz CT molecular complexity index is 924. The lowest BCUT2D eigenvalue weighted by molar-refractivity contribution is -0.118. The highest BCUT2D eigenvalue weighted by atomic mass is 32.2. The number of amides is 1. The lowest BCUT2D eigenvalue weighted by atomic mass is 10.0. The summed E-state index contributed by atoms with van der Waals surface area (Å²) < 4.78 is 5.51. The Hall–Kier alpha value is -3.05. The minimum atomic E-state index is -0.238. The average Bonchev–Trinajstić information content (AvgIpc) is 2.73. The van der Waals surface area contributed by atoms with E-state index in [4.69, 9.17) is 4.74 Å². The van der Waals surface area contributed by atoms with E-state index in [9.17, 15) is 9.59 Å². The molecule has 1 amide bonds. The maximum atomic E-state index is 12.4. The zero-order chi connectivity index (χ0) is 19.1. The second-order valence-electron chi connectivity index (χ2n) is 5.79. The van der Waals surface area contributed by atoms with Gasteiger partial charge in [-0.05, 0) is 48.7 Å². The minimum absolute atomic E-state index is 0.0476. The van der Waals surface area contributed by atoms with Gasteiger partial charge in [-0.25, -0.2) is 0 Å². The van der Waals surface area contributed by atoms with Gasteiger partial charge in [0.25, 0.3) is 5.91 Å². The Balaban J connectivity index is 1.55. The maximum absolute atomic E-state index is 12.4. The molecule has 0 aliphatic carbocycles. The molecule has 0 saturated carbocycles. The van der Waals surface area contributed by atoms with E-state index in [1.807, 2.05) is 48.7 Å². The summed E-state index contributed by atoms with van der Waals surface area (Å²) in [7, 11) is 0. The third-order valence-corrected chi connectivity index (χ3v) is 4.60. The van der Waals surface area contributed by atoms with Crippen molar-refractivity contribution in [3.63, 3.8) is 0 Å². The van der Waals surface area contributed by atoms with Gasteiger partial charge in [-0.3, -0.25) is 9.59 Å². The van der Waals surface area contributed by atoms with Crippen LogP contribution in [-0.4, -0.2) is 24.6 Å². The fraction of sp³-hybridized carbons (Fsp3) is 0.0909. The van der Waals surface area contributed by atoms with Crippen LogP contribution in [0.25, 0.3) is 0 Å². The normalized spacial score (nSPS) is 10.3. The zero-order valence-corrected chi connectivity index (χ0v) is 15.7. The predicted molar refractivity (Wildman–Crippen MR) is 109 cm³/mol. The van der Waals surface area contributed by atoms with Gasteiger partial charge in [-0.1, -0.05) is 36.4 Å². The first kappa shape index (κ1) is 18.7. The summed E-state index contributed by atoms with van der Waals surface area (Å²) in [6.07, 6.45) is 1.98. The smallest absolute Gasteiger partial charge is 0.262 e. The van der Waals surface area contributed by atoms with Gasteiger partial charge < -0.3 is 10.1 Å². The van der Waals surface area contributed by atoms with E-state index < -0.39 is 0 Å². The molecule has 0 spiro atoms. The van der Waals surface area contributed by atoms with Crippen molar-refractivity contribution in [3.8, 4) is 5.75 Å². The van der Waals surface area contributed by atoms with E-state index in [1.54, 1.807) is 48.2 Å². The molecule has 4 nitrogen and oxygen atoms in total. The molecule has 136 valence electrons. The number of rotatable bonds is 7. The van der Waals surface area contributed by atoms with Crippen molar-refractivity contribution in [1.29, 1.82) is 0 Å². The molecule has 0 bridgehead atoms. The number of hydrogen-bond donors (Lipinski definition) is 1. The molecule has 27 heavy (non-hydrogen) atoms. The van der Waals surface area contributed by atoms with Crippen LogP contribution < -0.4 is 10.1 Å². The van der Waals surface area contributed by atoms with E-state index in [0.29, 0.717) is 16.9 Å². The van der Waals surface area contributed by atoms with Crippen molar-refractivity contribution in [2.75, 3.05) is 18.2 Å². The number of carbonyl (C=O) groups excluding carboxylic acids is 2. The molecule has 0 aromatic heterocycles. The molecule has 0 fully saturated rings. The third-order valence-electron chi connectivity index (χ3n) is 3.88. The number of hydrogen-bond acceptors (Lipinski definition) is 4. The summed E-state index contributed by atoms with van der Waals surface area (Å²) >= 11 is 1.61. The number of thioether (sulfide) groups is 1. The molecule has 0 radical (unpaired) electrons. The van der Waals surface area contributed by atoms with Gasteiger partial charge in [0.05, 0.1) is 0 Å². The van der Waals surface area contributed by atoms with Crippen molar-refractivity contribution in [1.82, 2.24) is 0 Å². The molecule has 0 aliphatic rings. The molecular formula is C22H19NO3S. The van der Waals surface area contributed by atoms with Crippen molar-refractivity contribution in [3.05, 3.63) is 90.0 Å². The van der Waals surface area contributed by atoms with Gasteiger partial charge in [0.1, 0.15) is 5.75 Å². The van der Waals surface area contributed by atoms with Gasteiger partial charge in [-0.2, -0.15) is 0 Å². The monoisotopic (exact) mass is 377 g/mol. The number of ether oxygens (including phenoxy) is 1. The maximum Gasteiger partial charge on any atom is 0.262 e. The Morgan fingerprint density at radius 3 is 2.30 bits per heavy atom. The summed E-state index contributed by atoms with van der Waals surface area (Å²) in [5.74, 6) is 0.249. The first-order chi connectivity index (χ1) is 13.2. The molecule has 0 unspecified atom stereocenters. The lowest BCUT2D eigenvalue weighted by Gasteiger charge is -2.09. The van der Waals surface area contributed by atoms with E-state index in [2.05, 4.69) is 5.32 Å². The molecular weight excluding hydrogens is 358 g/mol. The van der Waals surface area contributed by atoms with Crippen LogP contribution in [0.5, 0.6) is 5.75 Å². The Morgan fingerprint density at radius 2 is 1.59 bits per heavy atom. The first-order valence-corrected chi connectivity index (χ1v) is 9.65. The Morgan fingerprint density at radius 1 is 0.889 bits per heavy atom. The SMILES string of the molecule is CSc1cccc(NC(=O)COc2ccc(C(=O)c3ccccc3)cc2)c1. The highest BCUT2D eigenvalue weighted by Crippen LogP contribution is 2.19. The number of anilines is 1. The largest absolute Gasteiger partial charge is 0.484 e. The van der Waals surface area contributed by atoms with Crippen LogP contribution in [-0.2, 0) is 4.79 Å². The number of carbonyl (C=O) groups is 2. The quantitative estimate of drug-likeness (QED) is 0.481. The summed E-state index contributed by atoms with van der Waals surface area (Å²) in [6, 6.07) is 23.5. The number of nitrogens with one attached hydrogen (secondary N) is 1. The molecule has 3 rings (SSSR count). The zero-order valence-electron chi connectivity index (χ0n) is 14.8. The van der Waals surface area contributed by atoms with Gasteiger partial charge in [0.2, 0.25) is 0 Å². The molecule has 3 aromatic rings. The fourth-order valence-electron chi connectivity index (χ4n) is 2.51. The van der Waals surface area contributed by atoms with E-state index >= 15 is 0 Å². The van der Waals surface area contributed by atoms with Crippen LogP contribution in [0.15, 0.2) is 83.8 Å². The van der Waals surface area contributed by atoms with E-state index in [-0.39, 0.29) is 18.3 Å². The Kier molecular flexibility index (Phi) is 6.28. The Labute approximate surface area is 162 Å². The van der Waals surface area contributed by atoms with Gasteiger partial charge in [-0.15, -0.1) is 11.8 Å². The van der Waals surface area contributed by atoms with Crippen LogP contribution in [0.4, 0.5) is 5.69 Å². The van der Waals surface area contributed by atoms with Crippen LogP contribution >= 0.6 is 11.8 Å². The second-order valence-corrected chi connectivity index (χ2v) is 6.67. The van der Waals surface area contributed by atoms with Crippen molar-refractivity contribution in [2.24, 2.45) is 0 Å². The van der Waals surface area contributed by atoms with E-state index in [0.717, 1.165) is 10.6 Å². The van der Waals surface area contributed by atoms with Gasteiger partial charge in [0, 0.05) is 21.7 Å². The molecule has 0 atom stereocenters. The molecule has 5 heteroatoms. The van der Waals surface area contributed by atoms with Crippen LogP contribution in [0, 0.1) is 0 Å². The highest BCUT2D eigenvalue weighted by Gasteiger charge is 2.09. The fourth-order valence-corrected chi connectivity index (χ4v) is 2.96. The first-order valence-electron chi connectivity index (χ1n) is 8.42. The molecule has 0 saturated heterocycles. The minimum Gasteiger partial charge on any atom is -0.484 e. The van der Waals surface area contributed by atoms with Crippen LogP contribution in [0.3, 0.4) is 0 Å². The summed E-state index contributed by atoms with van der Waals surface area (Å²) in [4.78, 5) is 25.5. The van der Waals surface area contributed by atoms with Crippen molar-refractivity contribution in [2.45, 2.75) is 4.90 Å². The molecule has 0 aliphatic heterocycles. The summed E-state index contributed by atoms with van der Waals surface area (Å²) in [5, 5.41) is 2.81. The lowest BCUT2D eigenvalue weighted by Crippen LogP contribution is -2.20. The van der Waals surface area contributed by atoms with E-state index in [1.165, 1.54) is 0 Å². The van der Waals surface area contributed by atoms with Gasteiger partial charge >= 0.3 is 0 Å². The molecule has 0 heterocycles. The third kappa shape index (κ3) is 5.21. The highest BCUT2D eigenvalue weighted by molar-refractivity contribution is 7.98. The van der Waals surface area contributed by atoms with Crippen molar-refractivity contribution >= 4 is 29.1 Å². The predicted octanol–water partition coefficient (Wildman–Crippen LogP) is 4.66. The topological polar surface area (TPSA) is 55.4 Å². The number of ketones is 1. The van der Waals surface area contributed by atoms with Gasteiger partial charge in [0.15, 0.2) is 12.4 Å². The van der Waals surface area contributed by atoms with Crippen LogP contribution in [0.2, 0.25) is 0 Å². The summed E-state index contributed by atoms with van der Waals surface area (Å²) in [6.45, 7) is -0.102. The van der Waals surface area contributed by atoms with Crippen LogP contribution in [0.1, 0.15) is 15.9 Å². The second kappa shape index (κ2) is 9.05. The molecule has 3 aromatic carbocycles. The van der Waals surface area contributed by atoms with Crippen molar-refractivity contribution < 1.29 is 14.3 Å². The number of benzene rings is 3. The summed E-state index contributed by atoms with van der Waals surface area (Å²) in [5.41, 5.74) is 1.95. The standard InChI is InChI=1S/C22H19NO3S/c1-27-20-9-5-8-18(14-20)23-21(24)15-26-19-12-10-17(11-13-19)22(25)16-6-3-2-4-7-16/h2-14H,15H2,1H3,(H,23,24). The average molecular weight is 377 g/mol. The molecule has 1 N–H and O–H groups in total.